The Bertz CT molecular complexity index is 708. The van der Waals surface area contributed by atoms with Gasteiger partial charge in [-0.2, -0.15) is 0 Å². The van der Waals surface area contributed by atoms with Gasteiger partial charge in [0.15, 0.2) is 0 Å². The summed E-state index contributed by atoms with van der Waals surface area (Å²) in [5.41, 5.74) is 1.86. The molecule has 9 nitrogen and oxygen atoms in total. The number of amides is 3. The van der Waals surface area contributed by atoms with Gasteiger partial charge in [0.25, 0.3) is 0 Å². The quantitative estimate of drug-likeness (QED) is 0.877. The number of tetrazole rings is 1. The van der Waals surface area contributed by atoms with Crippen molar-refractivity contribution < 1.29 is 9.59 Å². The van der Waals surface area contributed by atoms with Gasteiger partial charge in [-0.05, 0) is 35.0 Å². The first-order valence-corrected chi connectivity index (χ1v) is 7.73. The molecule has 0 atom stereocenters. The molecule has 3 amide bonds. The molecule has 9 heteroatoms. The van der Waals surface area contributed by atoms with E-state index < -0.39 is 0 Å². The van der Waals surface area contributed by atoms with Gasteiger partial charge in [-0.15, -0.1) is 5.10 Å². The summed E-state index contributed by atoms with van der Waals surface area (Å²) in [5, 5.41) is 13.6. The topological polar surface area (TPSA) is 96.2 Å². The highest BCUT2D eigenvalue weighted by Crippen LogP contribution is 2.11. The Morgan fingerprint density at radius 3 is 2.58 bits per heavy atom. The molecule has 1 aromatic carbocycles. The largest absolute Gasteiger partial charge is 0.338 e. The van der Waals surface area contributed by atoms with Crippen molar-refractivity contribution in [2.75, 3.05) is 31.5 Å². The van der Waals surface area contributed by atoms with Crippen molar-refractivity contribution in [2.45, 2.75) is 13.5 Å². The van der Waals surface area contributed by atoms with Crippen LogP contribution in [-0.2, 0) is 11.3 Å². The first kappa shape index (κ1) is 15.9. The van der Waals surface area contributed by atoms with Crippen LogP contribution in [0.3, 0.4) is 0 Å². The van der Waals surface area contributed by atoms with Gasteiger partial charge in [0.05, 0.1) is 0 Å². The molecule has 0 aliphatic carbocycles. The Kier molecular flexibility index (Phi) is 4.69. The molecule has 126 valence electrons. The first-order chi connectivity index (χ1) is 11.6. The average Bonchev–Trinajstić information content (AvgIpc) is 3.08. The number of rotatable bonds is 3. The van der Waals surface area contributed by atoms with Crippen LogP contribution in [0.25, 0.3) is 0 Å². The van der Waals surface area contributed by atoms with Crippen molar-refractivity contribution in [3.05, 3.63) is 36.2 Å². The fraction of sp³-hybridized carbons (Fsp3) is 0.400. The lowest BCUT2D eigenvalue weighted by Crippen LogP contribution is -2.52. The van der Waals surface area contributed by atoms with E-state index >= 15 is 0 Å². The second-order valence-corrected chi connectivity index (χ2v) is 5.67. The third-order valence-electron chi connectivity index (χ3n) is 3.88. The van der Waals surface area contributed by atoms with E-state index in [0.717, 1.165) is 11.3 Å². The summed E-state index contributed by atoms with van der Waals surface area (Å²) < 4.78 is 1.39. The zero-order valence-electron chi connectivity index (χ0n) is 13.4. The normalized spacial score (nSPS) is 14.5. The van der Waals surface area contributed by atoms with E-state index in [2.05, 4.69) is 20.8 Å². The molecule has 1 aliphatic rings. The maximum Gasteiger partial charge on any atom is 0.321 e. The van der Waals surface area contributed by atoms with Gasteiger partial charge < -0.3 is 15.1 Å². The molecule has 1 fully saturated rings. The van der Waals surface area contributed by atoms with Crippen LogP contribution in [0.15, 0.2) is 30.6 Å². The Balaban J connectivity index is 1.49. The number of aromatic nitrogens is 4. The molecular weight excluding hydrogens is 310 g/mol. The summed E-state index contributed by atoms with van der Waals surface area (Å²) in [4.78, 5) is 27.9. The number of hydrogen-bond acceptors (Lipinski definition) is 5. The number of urea groups is 1. The van der Waals surface area contributed by atoms with E-state index in [1.165, 1.54) is 11.0 Å². The van der Waals surface area contributed by atoms with E-state index in [4.69, 9.17) is 0 Å². The maximum absolute atomic E-state index is 12.3. The van der Waals surface area contributed by atoms with Gasteiger partial charge in [-0.25, -0.2) is 9.48 Å². The number of anilines is 1. The fourth-order valence-electron chi connectivity index (χ4n) is 2.58. The van der Waals surface area contributed by atoms with Crippen molar-refractivity contribution in [3.63, 3.8) is 0 Å². The van der Waals surface area contributed by atoms with Gasteiger partial charge in [-0.3, -0.25) is 4.79 Å². The van der Waals surface area contributed by atoms with Crippen molar-refractivity contribution in [2.24, 2.45) is 0 Å². The van der Waals surface area contributed by atoms with E-state index in [0.29, 0.717) is 26.2 Å². The van der Waals surface area contributed by atoms with Gasteiger partial charge in [-0.1, -0.05) is 12.1 Å². The molecule has 1 N–H and O–H groups in total. The summed E-state index contributed by atoms with van der Waals surface area (Å²) in [6, 6.07) is 7.51. The third-order valence-corrected chi connectivity index (χ3v) is 3.88. The number of hydrogen-bond donors (Lipinski definition) is 1. The number of aryl methyl sites for hydroxylation is 1. The number of carbonyl (C=O) groups excluding carboxylic acids is 2. The molecule has 24 heavy (non-hydrogen) atoms. The highest BCUT2D eigenvalue weighted by molar-refractivity contribution is 5.89. The van der Waals surface area contributed by atoms with Crippen LogP contribution in [-0.4, -0.2) is 68.1 Å². The van der Waals surface area contributed by atoms with E-state index in [1.54, 1.807) is 9.80 Å². The molecular formula is C15H19N7O2. The smallest absolute Gasteiger partial charge is 0.321 e. The highest BCUT2D eigenvalue weighted by Gasteiger charge is 2.24. The lowest BCUT2D eigenvalue weighted by molar-refractivity contribution is -0.133. The molecule has 0 radical (unpaired) electrons. The summed E-state index contributed by atoms with van der Waals surface area (Å²) in [7, 11) is 0. The number of carbonyl (C=O) groups is 2. The maximum atomic E-state index is 12.3. The highest BCUT2D eigenvalue weighted by atomic mass is 16.2. The lowest BCUT2D eigenvalue weighted by Gasteiger charge is -2.34. The van der Waals surface area contributed by atoms with Crippen LogP contribution in [0.5, 0.6) is 0 Å². The zero-order valence-corrected chi connectivity index (χ0v) is 13.4. The minimum absolute atomic E-state index is 0.0546. The number of piperazine rings is 1. The Hall–Kier alpha value is -2.97. The molecule has 3 rings (SSSR count). The Morgan fingerprint density at radius 1 is 1.17 bits per heavy atom. The summed E-state index contributed by atoms with van der Waals surface area (Å²) in [6.07, 6.45) is 1.41. The molecule has 2 aromatic rings. The molecule has 0 spiro atoms. The lowest BCUT2D eigenvalue weighted by atomic mass is 10.2. The minimum Gasteiger partial charge on any atom is -0.338 e. The summed E-state index contributed by atoms with van der Waals surface area (Å²) in [6.45, 7) is 4.09. The van der Waals surface area contributed by atoms with E-state index in [-0.39, 0.29) is 18.5 Å². The summed E-state index contributed by atoms with van der Waals surface area (Å²) in [5.74, 6) is -0.0546. The predicted octanol–water partition coefficient (Wildman–Crippen LogP) is 0.358. The van der Waals surface area contributed by atoms with Gasteiger partial charge in [0, 0.05) is 31.9 Å². The van der Waals surface area contributed by atoms with Crippen LogP contribution in [0, 0.1) is 6.92 Å². The van der Waals surface area contributed by atoms with Crippen LogP contribution in [0.1, 0.15) is 5.56 Å². The number of benzene rings is 1. The third kappa shape index (κ3) is 3.86. The van der Waals surface area contributed by atoms with Crippen molar-refractivity contribution in [1.82, 2.24) is 30.0 Å². The van der Waals surface area contributed by atoms with Crippen LogP contribution < -0.4 is 5.32 Å². The molecule has 0 saturated carbocycles. The molecule has 0 unspecified atom stereocenters. The fourth-order valence-corrected chi connectivity index (χ4v) is 2.58. The Labute approximate surface area is 139 Å². The number of nitrogens with zero attached hydrogens (tertiary/aromatic N) is 6. The molecule has 0 bridgehead atoms. The van der Waals surface area contributed by atoms with Gasteiger partial charge in [0.2, 0.25) is 5.91 Å². The standard InChI is InChI=1S/C15H19N7O2/c1-12-3-2-4-13(9-12)17-15(24)21-7-5-20(6-8-21)14(23)10-22-11-16-18-19-22/h2-4,9,11H,5-8,10H2,1H3,(H,17,24). The van der Waals surface area contributed by atoms with Crippen molar-refractivity contribution in [3.8, 4) is 0 Å². The van der Waals surface area contributed by atoms with E-state index in [1.807, 2.05) is 31.2 Å². The van der Waals surface area contributed by atoms with Crippen LogP contribution >= 0.6 is 0 Å². The molecule has 1 aromatic heterocycles. The van der Waals surface area contributed by atoms with Gasteiger partial charge in [0.1, 0.15) is 12.9 Å². The predicted molar refractivity (Wildman–Crippen MR) is 86.2 cm³/mol. The molecule has 2 heterocycles. The van der Waals surface area contributed by atoms with Crippen LogP contribution in [0.2, 0.25) is 0 Å². The average molecular weight is 329 g/mol. The SMILES string of the molecule is Cc1cccc(NC(=O)N2CCN(C(=O)Cn3cnnn3)CC2)c1. The monoisotopic (exact) mass is 329 g/mol. The second-order valence-electron chi connectivity index (χ2n) is 5.67. The van der Waals surface area contributed by atoms with Crippen LogP contribution in [0.4, 0.5) is 10.5 Å². The first-order valence-electron chi connectivity index (χ1n) is 7.73. The van der Waals surface area contributed by atoms with Crippen molar-refractivity contribution in [1.29, 1.82) is 0 Å². The molecule has 1 saturated heterocycles. The minimum atomic E-state index is -0.145. The zero-order chi connectivity index (χ0) is 16.9. The van der Waals surface area contributed by atoms with E-state index in [9.17, 15) is 9.59 Å². The van der Waals surface area contributed by atoms with Crippen molar-refractivity contribution >= 4 is 17.6 Å². The molecule has 1 aliphatic heterocycles. The number of nitrogens with one attached hydrogen (secondary N) is 1. The Morgan fingerprint density at radius 2 is 1.92 bits per heavy atom. The second kappa shape index (κ2) is 7.07. The summed E-state index contributed by atoms with van der Waals surface area (Å²) >= 11 is 0. The van der Waals surface area contributed by atoms with Gasteiger partial charge >= 0.3 is 6.03 Å².